The van der Waals surface area contributed by atoms with Crippen LogP contribution in [0, 0.1) is 0 Å². The lowest BCUT2D eigenvalue weighted by atomic mass is 9.98. The van der Waals surface area contributed by atoms with Gasteiger partial charge in [0.25, 0.3) is 5.91 Å². The van der Waals surface area contributed by atoms with Crippen molar-refractivity contribution in [3.05, 3.63) is 90.0 Å². The highest BCUT2D eigenvalue weighted by atomic mass is 32.2. The summed E-state index contributed by atoms with van der Waals surface area (Å²) < 4.78 is 10.5. The molecule has 0 saturated carbocycles. The molecule has 0 atom stereocenters. The average molecular weight is 517 g/mol. The van der Waals surface area contributed by atoms with E-state index in [9.17, 15) is 19.5 Å². The molecule has 0 aliphatic heterocycles. The Labute approximate surface area is 217 Å². The number of nitrogens with one attached hydrogen (secondary N) is 2. The van der Waals surface area contributed by atoms with Crippen LogP contribution in [0.15, 0.2) is 83.8 Å². The Kier molecular flexibility index (Phi) is 7.95. The molecule has 188 valence electrons. The second-order valence-corrected chi connectivity index (χ2v) is 8.95. The van der Waals surface area contributed by atoms with Crippen molar-refractivity contribution < 1.29 is 29.0 Å². The van der Waals surface area contributed by atoms with E-state index in [0.29, 0.717) is 33.6 Å². The van der Waals surface area contributed by atoms with Crippen LogP contribution in [0.2, 0.25) is 0 Å². The van der Waals surface area contributed by atoms with Gasteiger partial charge >= 0.3 is 5.97 Å². The zero-order chi connectivity index (χ0) is 26.4. The molecule has 37 heavy (non-hydrogen) atoms. The lowest BCUT2D eigenvalue weighted by Crippen LogP contribution is -2.15. The number of benzene rings is 4. The number of hydrogen-bond acceptors (Lipinski definition) is 6. The number of anilines is 2. The Morgan fingerprint density at radius 2 is 1.57 bits per heavy atom. The van der Waals surface area contributed by atoms with Crippen molar-refractivity contribution in [2.24, 2.45) is 0 Å². The SMILES string of the molecule is COc1ccc(NC(=O)CSc2cccc(NC(=O)c3cccc4cccc(C(=O)O)c34)c2)c(OC)c1. The summed E-state index contributed by atoms with van der Waals surface area (Å²) in [5.41, 5.74) is 1.39. The second kappa shape index (κ2) is 11.5. The molecule has 0 fully saturated rings. The van der Waals surface area contributed by atoms with Gasteiger partial charge in [0, 0.05) is 27.6 Å². The average Bonchev–Trinajstić information content (AvgIpc) is 2.91. The summed E-state index contributed by atoms with van der Waals surface area (Å²) in [6.45, 7) is 0. The fourth-order valence-electron chi connectivity index (χ4n) is 3.81. The molecule has 0 aliphatic carbocycles. The number of methoxy groups -OCH3 is 2. The number of carboxylic acid groups (broad SMARTS) is 1. The molecule has 0 aromatic heterocycles. The number of thioether (sulfide) groups is 1. The summed E-state index contributed by atoms with van der Waals surface area (Å²) in [6, 6.07) is 22.2. The molecule has 0 spiro atoms. The molecule has 4 aromatic carbocycles. The third-order valence-electron chi connectivity index (χ3n) is 5.52. The largest absolute Gasteiger partial charge is 0.497 e. The van der Waals surface area contributed by atoms with Gasteiger partial charge in [-0.05, 0) is 47.9 Å². The lowest BCUT2D eigenvalue weighted by molar-refractivity contribution is -0.113. The van der Waals surface area contributed by atoms with E-state index in [-0.39, 0.29) is 22.8 Å². The van der Waals surface area contributed by atoms with E-state index in [2.05, 4.69) is 10.6 Å². The van der Waals surface area contributed by atoms with Gasteiger partial charge in [-0.1, -0.05) is 30.3 Å². The van der Waals surface area contributed by atoms with Crippen LogP contribution in [-0.2, 0) is 4.79 Å². The highest BCUT2D eigenvalue weighted by Crippen LogP contribution is 2.30. The van der Waals surface area contributed by atoms with Gasteiger partial charge in [-0.15, -0.1) is 11.8 Å². The highest BCUT2D eigenvalue weighted by Gasteiger charge is 2.17. The fourth-order valence-corrected chi connectivity index (χ4v) is 4.56. The molecular weight excluding hydrogens is 492 g/mol. The summed E-state index contributed by atoms with van der Waals surface area (Å²) in [5.74, 6) is -0.508. The first-order valence-corrected chi connectivity index (χ1v) is 12.2. The zero-order valence-corrected chi connectivity index (χ0v) is 20.9. The van der Waals surface area contributed by atoms with Crippen LogP contribution in [0.5, 0.6) is 11.5 Å². The van der Waals surface area contributed by atoms with Gasteiger partial charge in [-0.2, -0.15) is 0 Å². The van der Waals surface area contributed by atoms with Crippen molar-refractivity contribution in [2.45, 2.75) is 4.90 Å². The van der Waals surface area contributed by atoms with E-state index in [0.717, 1.165) is 4.90 Å². The van der Waals surface area contributed by atoms with Crippen LogP contribution in [0.3, 0.4) is 0 Å². The molecule has 0 radical (unpaired) electrons. The van der Waals surface area contributed by atoms with Crippen molar-refractivity contribution in [3.63, 3.8) is 0 Å². The smallest absolute Gasteiger partial charge is 0.336 e. The van der Waals surface area contributed by atoms with E-state index in [1.54, 1.807) is 73.8 Å². The molecule has 3 N–H and O–H groups in total. The van der Waals surface area contributed by atoms with Gasteiger partial charge in [0.2, 0.25) is 5.91 Å². The maximum atomic E-state index is 13.1. The number of carbonyl (C=O) groups excluding carboxylic acids is 2. The van der Waals surface area contributed by atoms with Crippen LogP contribution in [0.25, 0.3) is 10.8 Å². The van der Waals surface area contributed by atoms with E-state index in [4.69, 9.17) is 9.47 Å². The van der Waals surface area contributed by atoms with Gasteiger partial charge in [0.15, 0.2) is 0 Å². The van der Waals surface area contributed by atoms with Gasteiger partial charge in [0.1, 0.15) is 11.5 Å². The first kappa shape index (κ1) is 25.6. The Morgan fingerprint density at radius 1 is 0.838 bits per heavy atom. The summed E-state index contributed by atoms with van der Waals surface area (Å²) in [7, 11) is 3.06. The van der Waals surface area contributed by atoms with Crippen molar-refractivity contribution in [1.29, 1.82) is 0 Å². The number of carboxylic acids is 1. The van der Waals surface area contributed by atoms with E-state index < -0.39 is 11.9 Å². The molecule has 0 aliphatic rings. The standard InChI is InChI=1S/C28H24N2O6S/c1-35-19-12-13-23(24(15-19)36-2)30-25(31)16-37-20-9-5-8-18(14-20)29-27(32)21-10-3-6-17-7-4-11-22(26(17)21)28(33)34/h3-15H,16H2,1-2H3,(H,29,32)(H,30,31)(H,33,34). The Bertz CT molecular complexity index is 1480. The second-order valence-electron chi connectivity index (χ2n) is 7.90. The minimum absolute atomic E-state index is 0.0621. The normalized spacial score (nSPS) is 10.5. The molecule has 4 aromatic rings. The monoisotopic (exact) mass is 516 g/mol. The van der Waals surface area contributed by atoms with Crippen molar-refractivity contribution in [3.8, 4) is 11.5 Å². The molecule has 4 rings (SSSR count). The Balaban J connectivity index is 1.44. The fraction of sp³-hybridized carbons (Fsp3) is 0.107. The van der Waals surface area contributed by atoms with Gasteiger partial charge in [-0.3, -0.25) is 9.59 Å². The molecule has 2 amide bonds. The highest BCUT2D eigenvalue weighted by molar-refractivity contribution is 8.00. The summed E-state index contributed by atoms with van der Waals surface area (Å²) in [6.07, 6.45) is 0. The zero-order valence-electron chi connectivity index (χ0n) is 20.1. The molecule has 0 heterocycles. The maximum absolute atomic E-state index is 13.1. The quantitative estimate of drug-likeness (QED) is 0.250. The maximum Gasteiger partial charge on any atom is 0.336 e. The van der Waals surface area contributed by atoms with Crippen molar-refractivity contribution in [1.82, 2.24) is 0 Å². The topological polar surface area (TPSA) is 114 Å². The van der Waals surface area contributed by atoms with Crippen LogP contribution in [0.1, 0.15) is 20.7 Å². The van der Waals surface area contributed by atoms with Gasteiger partial charge < -0.3 is 25.2 Å². The number of aromatic carboxylic acids is 1. The number of ether oxygens (including phenoxy) is 2. The van der Waals surface area contributed by atoms with E-state index in [1.807, 2.05) is 6.07 Å². The van der Waals surface area contributed by atoms with Crippen molar-refractivity contribution >= 4 is 51.7 Å². The van der Waals surface area contributed by atoms with E-state index in [1.165, 1.54) is 24.9 Å². The summed E-state index contributed by atoms with van der Waals surface area (Å²) in [5, 5.41) is 16.3. The van der Waals surface area contributed by atoms with Crippen LogP contribution in [-0.4, -0.2) is 42.9 Å². The summed E-state index contributed by atoms with van der Waals surface area (Å²) >= 11 is 1.31. The molecule has 0 bridgehead atoms. The predicted molar refractivity (Wildman–Crippen MR) is 144 cm³/mol. The lowest BCUT2D eigenvalue weighted by Gasteiger charge is -2.12. The first-order valence-electron chi connectivity index (χ1n) is 11.2. The number of fused-ring (bicyclic) bond motifs is 1. The van der Waals surface area contributed by atoms with Crippen molar-refractivity contribution in [2.75, 3.05) is 30.6 Å². The minimum Gasteiger partial charge on any atom is -0.497 e. The van der Waals surface area contributed by atoms with Gasteiger partial charge in [0.05, 0.1) is 31.2 Å². The van der Waals surface area contributed by atoms with Gasteiger partial charge in [-0.25, -0.2) is 4.79 Å². The third-order valence-corrected chi connectivity index (χ3v) is 6.52. The number of amides is 2. The third kappa shape index (κ3) is 6.02. The Morgan fingerprint density at radius 3 is 2.27 bits per heavy atom. The Hall–Kier alpha value is -4.50. The molecule has 0 unspecified atom stereocenters. The number of rotatable bonds is 9. The summed E-state index contributed by atoms with van der Waals surface area (Å²) in [4.78, 5) is 38.1. The predicted octanol–water partition coefficient (Wildman–Crippen LogP) is 5.54. The van der Waals surface area contributed by atoms with E-state index >= 15 is 0 Å². The molecule has 9 heteroatoms. The number of hydrogen-bond donors (Lipinski definition) is 3. The molecular formula is C28H24N2O6S. The minimum atomic E-state index is -1.10. The molecule has 8 nitrogen and oxygen atoms in total. The molecule has 0 saturated heterocycles. The van der Waals surface area contributed by atoms with Crippen LogP contribution >= 0.6 is 11.8 Å². The number of carbonyl (C=O) groups is 3. The van der Waals surface area contributed by atoms with Crippen LogP contribution in [0.4, 0.5) is 11.4 Å². The van der Waals surface area contributed by atoms with Crippen LogP contribution < -0.4 is 20.1 Å². The first-order chi connectivity index (χ1) is 17.9.